The number of benzene rings is 2. The van der Waals surface area contributed by atoms with E-state index in [9.17, 15) is 4.79 Å². The number of nitrogens with zero attached hydrogens (tertiary/aromatic N) is 2. The van der Waals surface area contributed by atoms with Crippen LogP contribution in [-0.4, -0.2) is 28.7 Å². The van der Waals surface area contributed by atoms with E-state index in [1.54, 1.807) is 18.2 Å². The first-order valence-corrected chi connectivity index (χ1v) is 8.98. The fourth-order valence-corrected chi connectivity index (χ4v) is 3.09. The molecular formula is C18H15N3O4S. The molecule has 0 atom stereocenters. The number of carbonyl (C=O) groups excluding carboxylic acids is 1. The molecule has 0 unspecified atom stereocenters. The number of anilines is 1. The summed E-state index contributed by atoms with van der Waals surface area (Å²) in [6.07, 6.45) is 0.322. The van der Waals surface area contributed by atoms with E-state index in [0.717, 1.165) is 5.56 Å². The second kappa shape index (κ2) is 7.49. The van der Waals surface area contributed by atoms with Crippen molar-refractivity contribution >= 4 is 23.4 Å². The van der Waals surface area contributed by atoms with E-state index in [1.807, 2.05) is 30.3 Å². The minimum absolute atomic E-state index is 0.0980. The number of nitrogens with one attached hydrogen (secondary N) is 1. The van der Waals surface area contributed by atoms with Crippen LogP contribution in [0.25, 0.3) is 11.5 Å². The summed E-state index contributed by atoms with van der Waals surface area (Å²) in [7, 11) is 0. The molecule has 0 saturated heterocycles. The van der Waals surface area contributed by atoms with Gasteiger partial charge in [-0.3, -0.25) is 4.79 Å². The first-order chi connectivity index (χ1) is 12.8. The van der Waals surface area contributed by atoms with Gasteiger partial charge in [0.2, 0.25) is 18.6 Å². The van der Waals surface area contributed by atoms with Gasteiger partial charge < -0.3 is 19.2 Å². The molecule has 132 valence electrons. The highest BCUT2D eigenvalue weighted by atomic mass is 32.2. The van der Waals surface area contributed by atoms with Crippen molar-refractivity contribution < 1.29 is 18.7 Å². The highest BCUT2D eigenvalue weighted by molar-refractivity contribution is 7.99. The standard InChI is InChI=1S/C18H15N3O4S/c22-16(19-13-6-7-14-15(10-13)24-11-23-14)8-9-26-18-21-20-17(25-18)12-4-2-1-3-5-12/h1-7,10H,8-9,11H2,(H,19,22). The van der Waals surface area contributed by atoms with Crippen molar-refractivity contribution in [2.45, 2.75) is 11.6 Å². The molecule has 7 nitrogen and oxygen atoms in total. The molecule has 0 spiro atoms. The Hall–Kier alpha value is -3.00. The normalized spacial score (nSPS) is 12.2. The van der Waals surface area contributed by atoms with Crippen molar-refractivity contribution in [1.29, 1.82) is 0 Å². The van der Waals surface area contributed by atoms with Gasteiger partial charge in [0.15, 0.2) is 11.5 Å². The number of hydrogen-bond acceptors (Lipinski definition) is 7. The van der Waals surface area contributed by atoms with Gasteiger partial charge >= 0.3 is 0 Å². The summed E-state index contributed by atoms with van der Waals surface area (Å²) >= 11 is 1.35. The molecular weight excluding hydrogens is 354 g/mol. The smallest absolute Gasteiger partial charge is 0.276 e. The molecule has 1 aliphatic rings. The molecule has 3 aromatic rings. The maximum absolute atomic E-state index is 12.1. The topological polar surface area (TPSA) is 86.5 Å². The zero-order valence-electron chi connectivity index (χ0n) is 13.7. The molecule has 0 radical (unpaired) electrons. The molecule has 2 heterocycles. The van der Waals surface area contributed by atoms with E-state index in [-0.39, 0.29) is 12.7 Å². The van der Waals surface area contributed by atoms with E-state index in [4.69, 9.17) is 13.9 Å². The molecule has 0 saturated carbocycles. The Morgan fingerprint density at radius 3 is 2.81 bits per heavy atom. The van der Waals surface area contributed by atoms with Crippen molar-refractivity contribution in [3.8, 4) is 23.0 Å². The predicted octanol–water partition coefficient (Wildman–Crippen LogP) is 3.59. The third-order valence-corrected chi connectivity index (χ3v) is 4.46. The van der Waals surface area contributed by atoms with Gasteiger partial charge in [0.1, 0.15) is 0 Å². The van der Waals surface area contributed by atoms with Gasteiger partial charge in [0.05, 0.1) is 0 Å². The molecule has 4 rings (SSSR count). The van der Waals surface area contributed by atoms with Crippen molar-refractivity contribution in [2.24, 2.45) is 0 Å². The molecule has 26 heavy (non-hydrogen) atoms. The maximum Gasteiger partial charge on any atom is 0.276 e. The lowest BCUT2D eigenvalue weighted by Gasteiger charge is -2.05. The summed E-state index contributed by atoms with van der Waals surface area (Å²) in [5, 5.41) is 11.3. The maximum atomic E-state index is 12.1. The fraction of sp³-hybridized carbons (Fsp3) is 0.167. The van der Waals surface area contributed by atoms with Gasteiger partial charge in [0.25, 0.3) is 5.22 Å². The van der Waals surface area contributed by atoms with Crippen LogP contribution in [0.3, 0.4) is 0 Å². The summed E-state index contributed by atoms with van der Waals surface area (Å²) in [4.78, 5) is 12.1. The van der Waals surface area contributed by atoms with Crippen LogP contribution in [-0.2, 0) is 4.79 Å². The van der Waals surface area contributed by atoms with Crippen molar-refractivity contribution in [1.82, 2.24) is 10.2 Å². The summed E-state index contributed by atoms with van der Waals surface area (Å²) in [6.45, 7) is 0.207. The molecule has 0 fully saturated rings. The monoisotopic (exact) mass is 369 g/mol. The second-order valence-electron chi connectivity index (χ2n) is 5.45. The molecule has 1 amide bonds. The van der Waals surface area contributed by atoms with E-state index in [1.165, 1.54) is 11.8 Å². The number of thioether (sulfide) groups is 1. The molecule has 1 aromatic heterocycles. The Bertz CT molecular complexity index is 914. The fourth-order valence-electron chi connectivity index (χ4n) is 2.39. The number of carbonyl (C=O) groups is 1. The first-order valence-electron chi connectivity index (χ1n) is 7.99. The van der Waals surface area contributed by atoms with Crippen LogP contribution in [0.2, 0.25) is 0 Å². The van der Waals surface area contributed by atoms with Crippen molar-refractivity contribution in [3.05, 3.63) is 48.5 Å². The lowest BCUT2D eigenvalue weighted by molar-refractivity contribution is -0.115. The summed E-state index contributed by atoms with van der Waals surface area (Å²) in [5.74, 6) is 2.23. The van der Waals surface area contributed by atoms with E-state index < -0.39 is 0 Å². The minimum Gasteiger partial charge on any atom is -0.454 e. The Balaban J connectivity index is 1.27. The van der Waals surface area contributed by atoms with Gasteiger partial charge in [0, 0.05) is 29.5 Å². The third-order valence-electron chi connectivity index (χ3n) is 3.64. The van der Waals surface area contributed by atoms with Gasteiger partial charge in [-0.15, -0.1) is 10.2 Å². The molecule has 1 N–H and O–H groups in total. The zero-order valence-corrected chi connectivity index (χ0v) is 14.5. The molecule has 2 aromatic carbocycles. The number of hydrogen-bond donors (Lipinski definition) is 1. The predicted molar refractivity (Wildman–Crippen MR) is 96.3 cm³/mol. The van der Waals surface area contributed by atoms with E-state index in [0.29, 0.717) is 40.5 Å². The van der Waals surface area contributed by atoms with Crippen LogP contribution in [0.4, 0.5) is 5.69 Å². The van der Waals surface area contributed by atoms with E-state index >= 15 is 0 Å². The van der Waals surface area contributed by atoms with Crippen LogP contribution in [0.15, 0.2) is 58.2 Å². The molecule has 8 heteroatoms. The van der Waals surface area contributed by atoms with Crippen LogP contribution < -0.4 is 14.8 Å². The van der Waals surface area contributed by atoms with Crippen LogP contribution >= 0.6 is 11.8 Å². The lowest BCUT2D eigenvalue weighted by Crippen LogP contribution is -2.12. The van der Waals surface area contributed by atoms with Crippen LogP contribution in [0.5, 0.6) is 11.5 Å². The zero-order chi connectivity index (χ0) is 17.8. The summed E-state index contributed by atoms with van der Waals surface area (Å²) in [5.41, 5.74) is 1.54. The minimum atomic E-state index is -0.0980. The summed E-state index contributed by atoms with van der Waals surface area (Å²) < 4.78 is 16.1. The highest BCUT2D eigenvalue weighted by Crippen LogP contribution is 2.34. The van der Waals surface area contributed by atoms with Crippen LogP contribution in [0.1, 0.15) is 6.42 Å². The average Bonchev–Trinajstić information content (AvgIpc) is 3.31. The number of fused-ring (bicyclic) bond motifs is 1. The SMILES string of the molecule is O=C(CCSc1nnc(-c2ccccc2)o1)Nc1ccc2c(c1)OCO2. The van der Waals surface area contributed by atoms with Gasteiger partial charge in [-0.1, -0.05) is 30.0 Å². The Morgan fingerprint density at radius 1 is 1.08 bits per heavy atom. The Labute approximate surface area is 153 Å². The van der Waals surface area contributed by atoms with Gasteiger partial charge in [-0.25, -0.2) is 0 Å². The van der Waals surface area contributed by atoms with Gasteiger partial charge in [-0.05, 0) is 24.3 Å². The third kappa shape index (κ3) is 3.80. The first kappa shape index (κ1) is 16.5. The summed E-state index contributed by atoms with van der Waals surface area (Å²) in [6, 6.07) is 14.9. The van der Waals surface area contributed by atoms with E-state index in [2.05, 4.69) is 15.5 Å². The Morgan fingerprint density at radius 2 is 1.92 bits per heavy atom. The number of ether oxygens (including phenoxy) is 2. The highest BCUT2D eigenvalue weighted by Gasteiger charge is 2.14. The lowest BCUT2D eigenvalue weighted by atomic mass is 10.2. The molecule has 0 aliphatic carbocycles. The Kier molecular flexibility index (Phi) is 4.74. The van der Waals surface area contributed by atoms with Crippen molar-refractivity contribution in [2.75, 3.05) is 17.9 Å². The van der Waals surface area contributed by atoms with Crippen LogP contribution in [0, 0.1) is 0 Å². The molecule has 1 aliphatic heterocycles. The van der Waals surface area contributed by atoms with Gasteiger partial charge in [-0.2, -0.15) is 0 Å². The number of amides is 1. The quantitative estimate of drug-likeness (QED) is 0.665. The average molecular weight is 369 g/mol. The largest absolute Gasteiger partial charge is 0.454 e. The number of rotatable bonds is 6. The molecule has 0 bridgehead atoms. The second-order valence-corrected chi connectivity index (χ2v) is 6.50. The number of aromatic nitrogens is 2. The van der Waals surface area contributed by atoms with Crippen molar-refractivity contribution in [3.63, 3.8) is 0 Å².